The molecule has 1 fully saturated rings. The Morgan fingerprint density at radius 3 is 2.67 bits per heavy atom. The van der Waals surface area contributed by atoms with Crippen LogP contribution in [0.4, 0.5) is 0 Å². The van der Waals surface area contributed by atoms with Crippen LogP contribution in [-0.2, 0) is 0 Å². The minimum Gasteiger partial charge on any atom is -0.392 e. The smallest absolute Gasteiger partial charge is 0.0682 e. The van der Waals surface area contributed by atoms with Crippen LogP contribution in [0, 0.1) is 0 Å². The summed E-state index contributed by atoms with van der Waals surface area (Å²) in [6, 6.07) is 11.4. The minimum absolute atomic E-state index is 0.167. The molecule has 4 nitrogen and oxygen atoms in total. The van der Waals surface area contributed by atoms with E-state index in [1.54, 1.807) is 0 Å². The van der Waals surface area contributed by atoms with Crippen LogP contribution in [-0.4, -0.2) is 67.8 Å². The Hall–Kier alpha value is -0.940. The molecule has 2 N–H and O–H groups in total. The SMILES string of the molecule is CNC(CCN1CC(O)CC1CN(C)C)c1ccccc1. The molecular weight excluding hydrogens is 262 g/mol. The summed E-state index contributed by atoms with van der Waals surface area (Å²) in [7, 11) is 6.22. The molecule has 4 heteroatoms. The van der Waals surface area contributed by atoms with Gasteiger partial charge in [-0.15, -0.1) is 0 Å². The van der Waals surface area contributed by atoms with Crippen LogP contribution in [0.5, 0.6) is 0 Å². The van der Waals surface area contributed by atoms with Gasteiger partial charge in [-0.25, -0.2) is 0 Å². The van der Waals surface area contributed by atoms with Crippen LogP contribution in [0.2, 0.25) is 0 Å². The lowest BCUT2D eigenvalue weighted by molar-refractivity contribution is 0.169. The van der Waals surface area contributed by atoms with E-state index in [1.165, 1.54) is 5.56 Å². The maximum Gasteiger partial charge on any atom is 0.0682 e. The van der Waals surface area contributed by atoms with Gasteiger partial charge < -0.3 is 15.3 Å². The van der Waals surface area contributed by atoms with Gasteiger partial charge in [-0.3, -0.25) is 4.90 Å². The van der Waals surface area contributed by atoms with Gasteiger partial charge in [0.05, 0.1) is 6.10 Å². The van der Waals surface area contributed by atoms with E-state index in [1.807, 2.05) is 7.05 Å². The summed E-state index contributed by atoms with van der Waals surface area (Å²) < 4.78 is 0. The Morgan fingerprint density at radius 1 is 1.33 bits per heavy atom. The first-order chi connectivity index (χ1) is 10.1. The van der Waals surface area contributed by atoms with Crippen molar-refractivity contribution >= 4 is 0 Å². The highest BCUT2D eigenvalue weighted by molar-refractivity contribution is 5.18. The maximum absolute atomic E-state index is 9.95. The van der Waals surface area contributed by atoms with Gasteiger partial charge in [0, 0.05) is 31.7 Å². The van der Waals surface area contributed by atoms with Crippen LogP contribution in [0.25, 0.3) is 0 Å². The number of benzene rings is 1. The van der Waals surface area contributed by atoms with E-state index in [0.29, 0.717) is 12.1 Å². The largest absolute Gasteiger partial charge is 0.392 e. The van der Waals surface area contributed by atoms with Crippen LogP contribution >= 0.6 is 0 Å². The quantitative estimate of drug-likeness (QED) is 0.795. The van der Waals surface area contributed by atoms with Crippen molar-refractivity contribution in [2.24, 2.45) is 0 Å². The lowest BCUT2D eigenvalue weighted by atomic mass is 10.0. The Kier molecular flexibility index (Phi) is 6.18. The number of β-amino-alcohol motifs (C(OH)–C–C–N with tert-alkyl or cyclic N) is 1. The fourth-order valence-corrected chi connectivity index (χ4v) is 3.30. The number of likely N-dealkylation sites (N-methyl/N-ethyl adjacent to an activating group) is 1. The van der Waals surface area contributed by atoms with Crippen molar-refractivity contribution < 1.29 is 5.11 Å². The fraction of sp³-hybridized carbons (Fsp3) is 0.647. The molecule has 1 aliphatic rings. The molecule has 1 saturated heterocycles. The van der Waals surface area contributed by atoms with Crippen molar-refractivity contribution in [2.45, 2.75) is 31.0 Å². The molecule has 0 radical (unpaired) electrons. The van der Waals surface area contributed by atoms with Crippen molar-refractivity contribution in [3.05, 3.63) is 35.9 Å². The normalized spacial score (nSPS) is 24.6. The van der Waals surface area contributed by atoms with E-state index >= 15 is 0 Å². The third-order valence-electron chi connectivity index (χ3n) is 4.34. The van der Waals surface area contributed by atoms with Crippen molar-refractivity contribution in [3.8, 4) is 0 Å². The number of rotatable bonds is 7. The zero-order valence-electron chi connectivity index (χ0n) is 13.5. The highest BCUT2D eigenvalue weighted by atomic mass is 16.3. The molecule has 2 rings (SSSR count). The molecule has 1 heterocycles. The van der Waals surface area contributed by atoms with E-state index in [2.05, 4.69) is 59.5 Å². The van der Waals surface area contributed by atoms with E-state index in [4.69, 9.17) is 0 Å². The number of likely N-dealkylation sites (tertiary alicyclic amines) is 1. The van der Waals surface area contributed by atoms with Gasteiger partial charge in [-0.1, -0.05) is 30.3 Å². The average Bonchev–Trinajstić information content (AvgIpc) is 2.80. The molecule has 1 aromatic carbocycles. The van der Waals surface area contributed by atoms with Gasteiger partial charge in [0.2, 0.25) is 0 Å². The van der Waals surface area contributed by atoms with Gasteiger partial charge in [0.15, 0.2) is 0 Å². The monoisotopic (exact) mass is 291 g/mol. The third-order valence-corrected chi connectivity index (χ3v) is 4.34. The molecule has 3 unspecified atom stereocenters. The summed E-state index contributed by atoms with van der Waals surface area (Å²) in [6.07, 6.45) is 1.80. The Balaban J connectivity index is 1.91. The molecule has 0 bridgehead atoms. The number of hydrogen-bond donors (Lipinski definition) is 2. The Morgan fingerprint density at radius 2 is 2.05 bits per heavy atom. The first kappa shape index (κ1) is 16.4. The molecule has 1 aliphatic heterocycles. The number of nitrogens with one attached hydrogen (secondary N) is 1. The first-order valence-electron chi connectivity index (χ1n) is 7.89. The van der Waals surface area contributed by atoms with Crippen molar-refractivity contribution in [2.75, 3.05) is 40.8 Å². The summed E-state index contributed by atoms with van der Waals surface area (Å²) in [5, 5.41) is 13.4. The molecule has 1 aromatic rings. The first-order valence-corrected chi connectivity index (χ1v) is 7.89. The number of nitrogens with zero attached hydrogens (tertiary/aromatic N) is 2. The van der Waals surface area contributed by atoms with Gasteiger partial charge in [0.1, 0.15) is 0 Å². The standard InChI is InChI=1S/C17H29N3O/c1-18-17(14-7-5-4-6-8-14)9-10-20-13-16(21)11-15(20)12-19(2)3/h4-8,15-18,21H,9-13H2,1-3H3. The van der Waals surface area contributed by atoms with Crippen LogP contribution in [0.3, 0.4) is 0 Å². The Labute approximate surface area is 128 Å². The second kappa shape index (κ2) is 7.90. The summed E-state index contributed by atoms with van der Waals surface area (Å²) in [5.41, 5.74) is 1.34. The van der Waals surface area contributed by atoms with Crippen molar-refractivity contribution in [1.29, 1.82) is 0 Å². The minimum atomic E-state index is -0.167. The second-order valence-electron chi connectivity index (χ2n) is 6.34. The Bertz CT molecular complexity index is 410. The molecule has 0 amide bonds. The van der Waals surface area contributed by atoms with Crippen LogP contribution in [0.1, 0.15) is 24.4 Å². The van der Waals surface area contributed by atoms with Gasteiger partial charge >= 0.3 is 0 Å². The topological polar surface area (TPSA) is 38.7 Å². The lowest BCUT2D eigenvalue weighted by Crippen LogP contribution is -2.39. The lowest BCUT2D eigenvalue weighted by Gasteiger charge is -2.28. The van der Waals surface area contributed by atoms with E-state index in [9.17, 15) is 5.11 Å². The van der Waals surface area contributed by atoms with Crippen molar-refractivity contribution in [1.82, 2.24) is 15.1 Å². The summed E-state index contributed by atoms with van der Waals surface area (Å²) in [5.74, 6) is 0. The zero-order chi connectivity index (χ0) is 15.2. The molecule has 0 aliphatic carbocycles. The van der Waals surface area contributed by atoms with Gasteiger partial charge in [-0.2, -0.15) is 0 Å². The summed E-state index contributed by atoms with van der Waals surface area (Å²) >= 11 is 0. The van der Waals surface area contributed by atoms with E-state index in [-0.39, 0.29) is 6.10 Å². The predicted molar refractivity (Wildman–Crippen MR) is 87.4 cm³/mol. The zero-order valence-corrected chi connectivity index (χ0v) is 13.5. The second-order valence-corrected chi connectivity index (χ2v) is 6.34. The molecular formula is C17H29N3O. The molecule has 0 spiro atoms. The van der Waals surface area contributed by atoms with Gasteiger partial charge in [-0.05, 0) is 39.5 Å². The van der Waals surface area contributed by atoms with E-state index in [0.717, 1.165) is 32.5 Å². The number of hydrogen-bond acceptors (Lipinski definition) is 4. The van der Waals surface area contributed by atoms with Crippen LogP contribution < -0.4 is 5.32 Å². The fourth-order valence-electron chi connectivity index (χ4n) is 3.30. The van der Waals surface area contributed by atoms with Crippen LogP contribution in [0.15, 0.2) is 30.3 Å². The summed E-state index contributed by atoms with van der Waals surface area (Å²) in [6.45, 7) is 2.85. The number of aliphatic hydroxyl groups excluding tert-OH is 1. The van der Waals surface area contributed by atoms with Gasteiger partial charge in [0.25, 0.3) is 0 Å². The molecule has 21 heavy (non-hydrogen) atoms. The highest BCUT2D eigenvalue weighted by Crippen LogP contribution is 2.22. The highest BCUT2D eigenvalue weighted by Gasteiger charge is 2.31. The maximum atomic E-state index is 9.95. The number of aliphatic hydroxyl groups is 1. The molecule has 0 saturated carbocycles. The summed E-state index contributed by atoms with van der Waals surface area (Å²) in [4.78, 5) is 4.65. The van der Waals surface area contributed by atoms with E-state index < -0.39 is 0 Å². The molecule has 118 valence electrons. The molecule has 0 aromatic heterocycles. The van der Waals surface area contributed by atoms with Crippen molar-refractivity contribution in [3.63, 3.8) is 0 Å². The molecule has 3 atom stereocenters. The average molecular weight is 291 g/mol. The third kappa shape index (κ3) is 4.78. The predicted octanol–water partition coefficient (Wildman–Crippen LogP) is 1.33.